The summed E-state index contributed by atoms with van der Waals surface area (Å²) >= 11 is 0. The minimum absolute atomic E-state index is 0.0378. The van der Waals surface area contributed by atoms with Gasteiger partial charge in [-0.25, -0.2) is 13.8 Å². The maximum atomic E-state index is 12.8. The molecule has 1 amide bonds. The van der Waals surface area contributed by atoms with Crippen LogP contribution in [-0.4, -0.2) is 34.7 Å². The Hall–Kier alpha value is -4.11. The van der Waals surface area contributed by atoms with Crippen LogP contribution in [0.1, 0.15) is 29.8 Å². The Kier molecular flexibility index (Phi) is 6.85. The van der Waals surface area contributed by atoms with Crippen molar-refractivity contribution in [1.82, 2.24) is 5.43 Å². The minimum atomic E-state index is -3.89. The molecule has 0 unspecified atom stereocenters. The zero-order valence-electron chi connectivity index (χ0n) is 20.5. The minimum Gasteiger partial charge on any atom is -0.497 e. The Balaban J connectivity index is 1.45. The lowest BCUT2D eigenvalue weighted by atomic mass is 9.84. The van der Waals surface area contributed by atoms with Crippen molar-refractivity contribution in [2.24, 2.45) is 5.10 Å². The van der Waals surface area contributed by atoms with Crippen LogP contribution in [0.2, 0.25) is 0 Å². The first-order chi connectivity index (χ1) is 17.1. The number of allylic oxidation sites excluding steroid dienone is 2. The van der Waals surface area contributed by atoms with Crippen LogP contribution in [0.25, 0.3) is 0 Å². The lowest BCUT2D eigenvalue weighted by Crippen LogP contribution is -2.23. The summed E-state index contributed by atoms with van der Waals surface area (Å²) in [6.45, 7) is 4.28. The zero-order valence-corrected chi connectivity index (χ0v) is 21.3. The number of benzene rings is 3. The first kappa shape index (κ1) is 25.0. The monoisotopic (exact) mass is 504 g/mol. The molecule has 36 heavy (non-hydrogen) atoms. The van der Waals surface area contributed by atoms with Crippen molar-refractivity contribution in [3.05, 3.63) is 95.7 Å². The number of hydrogen-bond acceptors (Lipinski definition) is 6. The molecule has 1 aliphatic heterocycles. The van der Waals surface area contributed by atoms with E-state index >= 15 is 0 Å². The summed E-state index contributed by atoms with van der Waals surface area (Å²) < 4.78 is 33.2. The maximum Gasteiger partial charge on any atom is 0.271 e. The van der Waals surface area contributed by atoms with Crippen LogP contribution in [0.5, 0.6) is 5.75 Å². The molecule has 3 aromatic rings. The van der Waals surface area contributed by atoms with Gasteiger partial charge in [0.2, 0.25) is 0 Å². The molecule has 0 aromatic heterocycles. The molecule has 0 saturated carbocycles. The van der Waals surface area contributed by atoms with Crippen LogP contribution in [0, 0.1) is 0 Å². The molecule has 2 N–H and O–H groups in total. The lowest BCUT2D eigenvalue weighted by Gasteiger charge is -2.23. The van der Waals surface area contributed by atoms with Crippen molar-refractivity contribution < 1.29 is 17.9 Å². The summed E-state index contributed by atoms with van der Waals surface area (Å²) in [6.07, 6.45) is 3.39. The number of nitrogens with one attached hydrogen (secondary N) is 2. The van der Waals surface area contributed by atoms with Gasteiger partial charge in [-0.2, -0.15) is 5.10 Å². The van der Waals surface area contributed by atoms with E-state index in [1.165, 1.54) is 43.2 Å². The first-order valence-corrected chi connectivity index (χ1v) is 12.8. The van der Waals surface area contributed by atoms with Gasteiger partial charge in [0.25, 0.3) is 15.9 Å². The van der Waals surface area contributed by atoms with Crippen LogP contribution in [0.3, 0.4) is 0 Å². The standard InChI is InChI=1S/C27H28N4O4S/c1-27(2)23-10-5-6-11-24(23)31(3)25(27)16-17-28-29-26(32)19-8-7-9-22(18-19)36(33,34)30-20-12-14-21(35-4)15-13-20/h5-18,30H,1-4H3,(H,29,32)/b25-16+,28-17-. The van der Waals surface area contributed by atoms with Crippen LogP contribution in [0.4, 0.5) is 11.4 Å². The fourth-order valence-electron chi connectivity index (χ4n) is 4.25. The number of anilines is 2. The second-order valence-corrected chi connectivity index (χ2v) is 10.5. The van der Waals surface area contributed by atoms with E-state index in [2.05, 4.69) is 46.1 Å². The van der Waals surface area contributed by atoms with E-state index in [0.29, 0.717) is 11.4 Å². The van der Waals surface area contributed by atoms with Gasteiger partial charge >= 0.3 is 0 Å². The van der Waals surface area contributed by atoms with Gasteiger partial charge < -0.3 is 9.64 Å². The summed E-state index contributed by atoms with van der Waals surface area (Å²) in [7, 11) is -0.366. The molecule has 0 aliphatic carbocycles. The van der Waals surface area contributed by atoms with Crippen LogP contribution >= 0.6 is 0 Å². The summed E-state index contributed by atoms with van der Waals surface area (Å²) in [5.74, 6) is 0.0916. The number of sulfonamides is 1. The molecular weight excluding hydrogens is 476 g/mol. The normalized spacial score (nSPS) is 15.7. The van der Waals surface area contributed by atoms with E-state index in [4.69, 9.17) is 4.74 Å². The molecule has 4 rings (SSSR count). The van der Waals surface area contributed by atoms with Crippen molar-refractivity contribution in [1.29, 1.82) is 0 Å². The lowest BCUT2D eigenvalue weighted by molar-refractivity contribution is 0.0955. The molecule has 8 nitrogen and oxygen atoms in total. The van der Waals surface area contributed by atoms with Crippen LogP contribution in [-0.2, 0) is 15.4 Å². The van der Waals surface area contributed by atoms with E-state index in [9.17, 15) is 13.2 Å². The summed E-state index contributed by atoms with van der Waals surface area (Å²) in [4.78, 5) is 14.7. The molecule has 0 radical (unpaired) electrons. The average molecular weight is 505 g/mol. The van der Waals surface area contributed by atoms with E-state index in [0.717, 1.165) is 11.4 Å². The zero-order chi connectivity index (χ0) is 25.9. The fourth-order valence-corrected chi connectivity index (χ4v) is 5.35. The van der Waals surface area contributed by atoms with E-state index in [-0.39, 0.29) is 15.9 Å². The number of fused-ring (bicyclic) bond motifs is 1. The van der Waals surface area contributed by atoms with Gasteiger partial charge in [0.15, 0.2) is 0 Å². The molecule has 0 bridgehead atoms. The number of nitrogens with zero attached hydrogens (tertiary/aromatic N) is 2. The van der Waals surface area contributed by atoms with E-state index < -0.39 is 15.9 Å². The fraction of sp³-hybridized carbons (Fsp3) is 0.185. The van der Waals surface area contributed by atoms with Gasteiger partial charge in [0.1, 0.15) is 5.75 Å². The van der Waals surface area contributed by atoms with Crippen molar-refractivity contribution in [3.63, 3.8) is 0 Å². The number of amides is 1. The van der Waals surface area contributed by atoms with Gasteiger partial charge in [-0.15, -0.1) is 0 Å². The molecular formula is C27H28N4O4S. The second-order valence-electron chi connectivity index (χ2n) is 8.83. The van der Waals surface area contributed by atoms with Gasteiger partial charge in [0, 0.05) is 41.3 Å². The largest absolute Gasteiger partial charge is 0.497 e. The predicted octanol–water partition coefficient (Wildman–Crippen LogP) is 4.52. The number of carbonyl (C=O) groups is 1. The third-order valence-corrected chi connectivity index (χ3v) is 7.54. The highest BCUT2D eigenvalue weighted by Gasteiger charge is 2.37. The smallest absolute Gasteiger partial charge is 0.271 e. The van der Waals surface area contributed by atoms with Crippen LogP contribution < -0.4 is 19.8 Å². The Morgan fingerprint density at radius 1 is 1.03 bits per heavy atom. The third kappa shape index (κ3) is 4.96. The first-order valence-electron chi connectivity index (χ1n) is 11.3. The molecule has 0 spiro atoms. The number of para-hydroxylation sites is 1. The highest BCUT2D eigenvalue weighted by molar-refractivity contribution is 7.92. The number of hydrogen-bond donors (Lipinski definition) is 2. The summed E-state index contributed by atoms with van der Waals surface area (Å²) in [5.41, 5.74) is 6.20. The van der Waals surface area contributed by atoms with E-state index in [1.807, 2.05) is 25.3 Å². The highest BCUT2D eigenvalue weighted by Crippen LogP contribution is 2.46. The predicted molar refractivity (Wildman–Crippen MR) is 142 cm³/mol. The molecule has 1 heterocycles. The molecule has 9 heteroatoms. The highest BCUT2D eigenvalue weighted by atomic mass is 32.2. The number of methoxy groups -OCH3 is 1. The van der Waals surface area contributed by atoms with Gasteiger partial charge in [-0.3, -0.25) is 9.52 Å². The van der Waals surface area contributed by atoms with Crippen molar-refractivity contribution in [2.75, 3.05) is 23.8 Å². The van der Waals surface area contributed by atoms with Gasteiger partial charge in [0.05, 0.1) is 12.0 Å². The van der Waals surface area contributed by atoms with Crippen molar-refractivity contribution in [3.8, 4) is 5.75 Å². The Morgan fingerprint density at radius 2 is 1.75 bits per heavy atom. The van der Waals surface area contributed by atoms with Crippen molar-refractivity contribution >= 4 is 33.5 Å². The number of hydrazone groups is 1. The second kappa shape index (κ2) is 9.87. The Morgan fingerprint density at radius 3 is 2.44 bits per heavy atom. The molecule has 1 aliphatic rings. The molecule has 3 aromatic carbocycles. The van der Waals surface area contributed by atoms with Gasteiger partial charge in [-0.1, -0.05) is 38.1 Å². The summed E-state index contributed by atoms with van der Waals surface area (Å²) in [5, 5.41) is 4.05. The molecule has 0 atom stereocenters. The molecule has 0 fully saturated rings. The number of ether oxygens (including phenoxy) is 1. The van der Waals surface area contributed by atoms with Crippen molar-refractivity contribution in [2.45, 2.75) is 24.2 Å². The number of rotatable bonds is 7. The van der Waals surface area contributed by atoms with Gasteiger partial charge in [-0.05, 0) is 60.2 Å². The average Bonchev–Trinajstić information content (AvgIpc) is 3.07. The SMILES string of the molecule is COc1ccc(NS(=O)(=O)c2cccc(C(=O)N/N=C\C=C3\N(C)c4ccccc4C3(C)C)c2)cc1. The molecule has 0 saturated heterocycles. The van der Waals surface area contributed by atoms with E-state index in [1.54, 1.807) is 24.3 Å². The Bertz CT molecular complexity index is 1440. The van der Waals surface area contributed by atoms with Crippen LogP contribution in [0.15, 0.2) is 94.6 Å². The number of likely N-dealkylation sites (N-methyl/N-ethyl adjacent to an activating group) is 1. The number of carbonyl (C=O) groups excluding carboxylic acids is 1. The summed E-state index contributed by atoms with van der Waals surface area (Å²) in [6, 6.07) is 20.5. The quantitative estimate of drug-likeness (QED) is 0.364. The maximum absolute atomic E-state index is 12.8. The molecule has 186 valence electrons. The third-order valence-electron chi connectivity index (χ3n) is 6.16. The topological polar surface area (TPSA) is 100 Å². The Labute approximate surface area is 211 Å².